The van der Waals surface area contributed by atoms with Crippen LogP contribution in [0.4, 0.5) is 5.69 Å². The number of anilines is 1. The third-order valence-corrected chi connectivity index (χ3v) is 3.32. The average molecular weight is 303 g/mol. The van der Waals surface area contributed by atoms with Crippen LogP contribution in [0.25, 0.3) is 0 Å². The second kappa shape index (κ2) is 5.70. The van der Waals surface area contributed by atoms with Crippen molar-refractivity contribution in [2.75, 3.05) is 5.73 Å². The molecule has 5 heteroatoms. The van der Waals surface area contributed by atoms with Crippen molar-refractivity contribution in [1.82, 2.24) is 0 Å². The zero-order chi connectivity index (χ0) is 13.1. The van der Waals surface area contributed by atoms with Crippen LogP contribution in [0.15, 0.2) is 36.4 Å². The monoisotopic (exact) mass is 301 g/mol. The minimum Gasteiger partial charge on any atom is -0.486 e. The van der Waals surface area contributed by atoms with Crippen LogP contribution in [0, 0.1) is 0 Å². The molecule has 0 radical (unpaired) electrons. The molecular formula is C13H10Cl3NO. The van der Waals surface area contributed by atoms with Crippen LogP contribution in [0.2, 0.25) is 15.1 Å². The molecule has 2 aromatic rings. The average Bonchev–Trinajstić information content (AvgIpc) is 2.33. The van der Waals surface area contributed by atoms with Crippen LogP contribution >= 0.6 is 34.8 Å². The van der Waals surface area contributed by atoms with Crippen molar-refractivity contribution < 1.29 is 4.74 Å². The zero-order valence-electron chi connectivity index (χ0n) is 9.29. The molecule has 0 heterocycles. The Morgan fingerprint density at radius 3 is 2.28 bits per heavy atom. The molecule has 0 unspecified atom stereocenters. The van der Waals surface area contributed by atoms with Gasteiger partial charge in [0.05, 0.1) is 10.0 Å². The van der Waals surface area contributed by atoms with Crippen molar-refractivity contribution in [3.8, 4) is 5.75 Å². The Labute approximate surface area is 120 Å². The van der Waals surface area contributed by atoms with Gasteiger partial charge >= 0.3 is 0 Å². The number of para-hydroxylation sites is 1. The Bertz CT molecular complexity index is 552. The van der Waals surface area contributed by atoms with E-state index in [1.807, 2.05) is 0 Å². The highest BCUT2D eigenvalue weighted by Crippen LogP contribution is 2.33. The van der Waals surface area contributed by atoms with E-state index in [2.05, 4.69) is 0 Å². The maximum Gasteiger partial charge on any atom is 0.156 e. The molecular weight excluding hydrogens is 293 g/mol. The largest absolute Gasteiger partial charge is 0.486 e. The summed E-state index contributed by atoms with van der Waals surface area (Å²) in [6.07, 6.45) is 0. The van der Waals surface area contributed by atoms with Gasteiger partial charge in [0, 0.05) is 16.3 Å². The number of nitrogens with two attached hydrogens (primary N) is 1. The van der Waals surface area contributed by atoms with E-state index < -0.39 is 0 Å². The van der Waals surface area contributed by atoms with E-state index in [9.17, 15) is 0 Å². The SMILES string of the molecule is Nc1ccc(Cl)c(COc2c(Cl)cccc2Cl)c1. The molecule has 0 aliphatic heterocycles. The smallest absolute Gasteiger partial charge is 0.156 e. The summed E-state index contributed by atoms with van der Waals surface area (Å²) in [6.45, 7) is 0.257. The summed E-state index contributed by atoms with van der Waals surface area (Å²) < 4.78 is 5.59. The summed E-state index contributed by atoms with van der Waals surface area (Å²) in [5.41, 5.74) is 7.10. The lowest BCUT2D eigenvalue weighted by Crippen LogP contribution is -1.98. The van der Waals surface area contributed by atoms with E-state index >= 15 is 0 Å². The van der Waals surface area contributed by atoms with E-state index in [1.54, 1.807) is 36.4 Å². The predicted molar refractivity (Wildman–Crippen MR) is 76.7 cm³/mol. The second-order valence-electron chi connectivity index (χ2n) is 3.69. The van der Waals surface area contributed by atoms with Gasteiger partial charge in [-0.25, -0.2) is 0 Å². The molecule has 0 aliphatic rings. The number of rotatable bonds is 3. The van der Waals surface area contributed by atoms with Gasteiger partial charge in [0.2, 0.25) is 0 Å². The van der Waals surface area contributed by atoms with Gasteiger partial charge in [-0.15, -0.1) is 0 Å². The quantitative estimate of drug-likeness (QED) is 0.826. The van der Waals surface area contributed by atoms with E-state index in [0.29, 0.717) is 26.5 Å². The molecule has 0 spiro atoms. The second-order valence-corrected chi connectivity index (χ2v) is 4.91. The molecule has 0 aliphatic carbocycles. The van der Waals surface area contributed by atoms with Crippen LogP contribution in [0.3, 0.4) is 0 Å². The van der Waals surface area contributed by atoms with Gasteiger partial charge in [0.25, 0.3) is 0 Å². The number of halogens is 3. The first-order valence-corrected chi connectivity index (χ1v) is 6.32. The Kier molecular flexibility index (Phi) is 4.23. The summed E-state index contributed by atoms with van der Waals surface area (Å²) in [5, 5.41) is 1.51. The van der Waals surface area contributed by atoms with Gasteiger partial charge in [0.1, 0.15) is 6.61 Å². The molecule has 0 saturated heterocycles. The molecule has 0 fully saturated rings. The van der Waals surface area contributed by atoms with Crippen molar-refractivity contribution in [1.29, 1.82) is 0 Å². The van der Waals surface area contributed by atoms with Crippen molar-refractivity contribution in [2.24, 2.45) is 0 Å². The first-order chi connectivity index (χ1) is 8.58. The number of ether oxygens (including phenoxy) is 1. The maximum absolute atomic E-state index is 6.04. The van der Waals surface area contributed by atoms with E-state index in [-0.39, 0.29) is 6.61 Å². The van der Waals surface area contributed by atoms with Gasteiger partial charge in [-0.2, -0.15) is 0 Å². The van der Waals surface area contributed by atoms with E-state index in [0.717, 1.165) is 5.56 Å². The van der Waals surface area contributed by atoms with Crippen LogP contribution in [0.5, 0.6) is 5.75 Å². The van der Waals surface area contributed by atoms with Crippen LogP contribution in [-0.4, -0.2) is 0 Å². The molecule has 2 nitrogen and oxygen atoms in total. The lowest BCUT2D eigenvalue weighted by molar-refractivity contribution is 0.307. The number of hydrogen-bond donors (Lipinski definition) is 1. The lowest BCUT2D eigenvalue weighted by atomic mass is 10.2. The molecule has 2 aromatic carbocycles. The highest BCUT2D eigenvalue weighted by molar-refractivity contribution is 6.37. The fourth-order valence-electron chi connectivity index (χ4n) is 1.48. The normalized spacial score (nSPS) is 10.4. The Morgan fingerprint density at radius 2 is 1.61 bits per heavy atom. The molecule has 0 saturated carbocycles. The summed E-state index contributed by atoms with van der Waals surface area (Å²) in [5.74, 6) is 0.444. The van der Waals surface area contributed by atoms with Crippen molar-refractivity contribution in [2.45, 2.75) is 6.61 Å². The van der Waals surface area contributed by atoms with Crippen molar-refractivity contribution in [3.05, 3.63) is 57.0 Å². The van der Waals surface area contributed by atoms with Crippen LogP contribution in [0.1, 0.15) is 5.56 Å². The third kappa shape index (κ3) is 3.02. The topological polar surface area (TPSA) is 35.2 Å². The van der Waals surface area contributed by atoms with Gasteiger partial charge in [-0.05, 0) is 30.3 Å². The van der Waals surface area contributed by atoms with Gasteiger partial charge in [-0.3, -0.25) is 0 Å². The zero-order valence-corrected chi connectivity index (χ0v) is 11.6. The molecule has 2 N–H and O–H groups in total. The standard InChI is InChI=1S/C13H10Cl3NO/c14-10-5-4-9(17)6-8(10)7-18-13-11(15)2-1-3-12(13)16/h1-6H,7,17H2. The maximum atomic E-state index is 6.04. The van der Waals surface area contributed by atoms with Crippen molar-refractivity contribution >= 4 is 40.5 Å². The summed E-state index contributed by atoms with van der Waals surface area (Å²) in [6, 6.07) is 10.4. The molecule has 0 bridgehead atoms. The molecule has 94 valence electrons. The summed E-state index contributed by atoms with van der Waals surface area (Å²) in [4.78, 5) is 0. The Morgan fingerprint density at radius 1 is 0.944 bits per heavy atom. The van der Waals surface area contributed by atoms with Crippen LogP contribution < -0.4 is 10.5 Å². The highest BCUT2D eigenvalue weighted by Gasteiger charge is 2.08. The molecule has 0 aromatic heterocycles. The van der Waals surface area contributed by atoms with Gasteiger partial charge in [0.15, 0.2) is 5.75 Å². The number of hydrogen-bond acceptors (Lipinski definition) is 2. The number of benzene rings is 2. The van der Waals surface area contributed by atoms with Crippen molar-refractivity contribution in [3.63, 3.8) is 0 Å². The summed E-state index contributed by atoms with van der Waals surface area (Å²) in [7, 11) is 0. The Hall–Kier alpha value is -1.09. The fraction of sp³-hybridized carbons (Fsp3) is 0.0769. The molecule has 2 rings (SSSR count). The predicted octanol–water partition coefficient (Wildman–Crippen LogP) is 4.81. The third-order valence-electron chi connectivity index (χ3n) is 2.36. The first kappa shape index (κ1) is 13.3. The summed E-state index contributed by atoms with van der Waals surface area (Å²) >= 11 is 18.0. The van der Waals surface area contributed by atoms with E-state index in [1.165, 1.54) is 0 Å². The van der Waals surface area contributed by atoms with E-state index in [4.69, 9.17) is 45.3 Å². The molecule has 0 amide bonds. The lowest BCUT2D eigenvalue weighted by Gasteiger charge is -2.11. The van der Waals surface area contributed by atoms with Gasteiger partial charge in [-0.1, -0.05) is 40.9 Å². The highest BCUT2D eigenvalue weighted by atomic mass is 35.5. The van der Waals surface area contributed by atoms with Crippen LogP contribution in [-0.2, 0) is 6.61 Å². The minimum atomic E-state index is 0.257. The molecule has 18 heavy (non-hydrogen) atoms. The van der Waals surface area contributed by atoms with Gasteiger partial charge < -0.3 is 10.5 Å². The first-order valence-electron chi connectivity index (χ1n) is 5.18. The number of nitrogen functional groups attached to an aromatic ring is 1. The molecule has 0 atom stereocenters. The fourth-order valence-corrected chi connectivity index (χ4v) is 2.15. The minimum absolute atomic E-state index is 0.257. The Balaban J connectivity index is 2.19.